The Morgan fingerprint density at radius 3 is 2.81 bits per heavy atom. The zero-order valence-corrected chi connectivity index (χ0v) is 9.43. The number of anilines is 1. The van der Waals surface area contributed by atoms with Gasteiger partial charge in [-0.1, -0.05) is 0 Å². The van der Waals surface area contributed by atoms with Crippen molar-refractivity contribution in [1.29, 1.82) is 0 Å². The van der Waals surface area contributed by atoms with Gasteiger partial charge in [0, 0.05) is 6.07 Å². The molecule has 1 aromatic rings. The minimum absolute atomic E-state index is 0.750. The highest BCUT2D eigenvalue weighted by atomic mass is 16.5. The molecule has 0 saturated heterocycles. The van der Waals surface area contributed by atoms with Crippen molar-refractivity contribution >= 4 is 12.0 Å². The summed E-state index contributed by atoms with van der Waals surface area (Å²) in [5, 5.41) is 1.92. The predicted octanol–water partition coefficient (Wildman–Crippen LogP) is 1.37. The van der Waals surface area contributed by atoms with Gasteiger partial charge in [-0.3, -0.25) is 15.4 Å². The molecule has 2 rings (SSSR count). The first-order valence-corrected chi connectivity index (χ1v) is 5.09. The Balaban J connectivity index is 2.15. The van der Waals surface area contributed by atoms with Crippen LogP contribution in [0, 0.1) is 0 Å². The Morgan fingerprint density at radius 2 is 2.19 bits per heavy atom. The van der Waals surface area contributed by atoms with Crippen molar-refractivity contribution in [2.45, 2.75) is 0 Å². The Hall–Kier alpha value is -1.91. The van der Waals surface area contributed by atoms with Gasteiger partial charge in [-0.05, 0) is 12.1 Å². The average molecular weight is 221 g/mol. The topological polar surface area (TPSA) is 46.1 Å². The van der Waals surface area contributed by atoms with Gasteiger partial charge in [0.1, 0.15) is 17.8 Å². The number of methoxy groups -OCH3 is 2. The standard InChI is InChI=1S/C11H15N3O2/c1-15-9-3-4-10(11(7-9)16-2)13-14-6-5-12-8-14/h3-4,7-8,13H,5-6H2,1-2H3. The third-order valence-corrected chi connectivity index (χ3v) is 2.36. The van der Waals surface area contributed by atoms with Gasteiger partial charge in [0.2, 0.25) is 0 Å². The molecule has 0 saturated carbocycles. The fourth-order valence-electron chi connectivity index (χ4n) is 1.51. The van der Waals surface area contributed by atoms with Crippen LogP contribution in [-0.2, 0) is 0 Å². The van der Waals surface area contributed by atoms with E-state index in [2.05, 4.69) is 10.4 Å². The summed E-state index contributed by atoms with van der Waals surface area (Å²) in [5.74, 6) is 1.53. The summed E-state index contributed by atoms with van der Waals surface area (Å²) in [5.41, 5.74) is 4.11. The number of ether oxygens (including phenoxy) is 2. The van der Waals surface area contributed by atoms with Gasteiger partial charge in [-0.25, -0.2) is 0 Å². The minimum Gasteiger partial charge on any atom is -0.497 e. The average Bonchev–Trinajstić information content (AvgIpc) is 2.82. The van der Waals surface area contributed by atoms with Crippen LogP contribution in [0.25, 0.3) is 0 Å². The lowest BCUT2D eigenvalue weighted by Crippen LogP contribution is -2.26. The van der Waals surface area contributed by atoms with E-state index in [4.69, 9.17) is 9.47 Å². The normalized spacial score (nSPS) is 14.0. The van der Waals surface area contributed by atoms with Crippen molar-refractivity contribution in [2.75, 3.05) is 32.7 Å². The number of aliphatic imine (C=N–C) groups is 1. The second-order valence-corrected chi connectivity index (χ2v) is 3.39. The summed E-state index contributed by atoms with van der Waals surface area (Å²) >= 11 is 0. The predicted molar refractivity (Wildman–Crippen MR) is 63.2 cm³/mol. The van der Waals surface area contributed by atoms with Gasteiger partial charge in [-0.2, -0.15) is 0 Å². The number of hydrogen-bond donors (Lipinski definition) is 1. The number of nitrogens with zero attached hydrogens (tertiary/aromatic N) is 2. The molecule has 1 aliphatic rings. The highest BCUT2D eigenvalue weighted by Crippen LogP contribution is 2.29. The van der Waals surface area contributed by atoms with Crippen molar-refractivity contribution < 1.29 is 9.47 Å². The number of hydrogen-bond acceptors (Lipinski definition) is 5. The van der Waals surface area contributed by atoms with Crippen LogP contribution in [0.5, 0.6) is 11.5 Å². The molecule has 0 aromatic heterocycles. The first kappa shape index (κ1) is 10.6. The van der Waals surface area contributed by atoms with Crippen LogP contribution in [-0.4, -0.2) is 38.7 Å². The molecule has 0 fully saturated rings. The van der Waals surface area contributed by atoms with E-state index in [-0.39, 0.29) is 0 Å². The molecule has 5 nitrogen and oxygen atoms in total. The molecule has 0 atom stereocenters. The zero-order valence-electron chi connectivity index (χ0n) is 9.43. The number of hydrazine groups is 1. The van der Waals surface area contributed by atoms with Crippen LogP contribution in [0.4, 0.5) is 5.69 Å². The smallest absolute Gasteiger partial charge is 0.147 e. The summed E-state index contributed by atoms with van der Waals surface area (Å²) < 4.78 is 10.4. The maximum atomic E-state index is 5.28. The van der Waals surface area contributed by atoms with E-state index >= 15 is 0 Å². The molecule has 0 radical (unpaired) electrons. The molecule has 0 aliphatic carbocycles. The molecule has 16 heavy (non-hydrogen) atoms. The van der Waals surface area contributed by atoms with Gasteiger partial charge < -0.3 is 9.47 Å². The molecule has 0 bridgehead atoms. The van der Waals surface area contributed by atoms with Crippen molar-refractivity contribution in [1.82, 2.24) is 5.01 Å². The lowest BCUT2D eigenvalue weighted by atomic mass is 10.3. The number of rotatable bonds is 4. The Bertz CT molecular complexity index is 393. The van der Waals surface area contributed by atoms with Crippen LogP contribution in [0.2, 0.25) is 0 Å². The molecular weight excluding hydrogens is 206 g/mol. The molecule has 0 amide bonds. The van der Waals surface area contributed by atoms with E-state index in [0.29, 0.717) is 0 Å². The summed E-state index contributed by atoms with van der Waals surface area (Å²) in [6.07, 6.45) is 1.78. The van der Waals surface area contributed by atoms with Crippen molar-refractivity contribution in [3.8, 4) is 11.5 Å². The number of benzene rings is 1. The summed E-state index contributed by atoms with van der Waals surface area (Å²) in [6, 6.07) is 5.65. The van der Waals surface area contributed by atoms with E-state index in [0.717, 1.165) is 30.3 Å². The van der Waals surface area contributed by atoms with Gasteiger partial charge >= 0.3 is 0 Å². The van der Waals surface area contributed by atoms with E-state index in [1.165, 1.54) is 0 Å². The fraction of sp³-hybridized carbons (Fsp3) is 0.364. The fourth-order valence-corrected chi connectivity index (χ4v) is 1.51. The third kappa shape index (κ3) is 2.18. The van der Waals surface area contributed by atoms with E-state index in [9.17, 15) is 0 Å². The largest absolute Gasteiger partial charge is 0.497 e. The molecule has 1 aliphatic heterocycles. The maximum absolute atomic E-state index is 5.28. The van der Waals surface area contributed by atoms with Gasteiger partial charge in [0.15, 0.2) is 0 Å². The molecule has 5 heteroatoms. The monoisotopic (exact) mass is 221 g/mol. The molecule has 0 spiro atoms. The molecule has 0 unspecified atom stereocenters. The summed E-state index contributed by atoms with van der Waals surface area (Å²) in [4.78, 5) is 4.12. The zero-order chi connectivity index (χ0) is 11.4. The summed E-state index contributed by atoms with van der Waals surface area (Å²) in [7, 11) is 3.27. The van der Waals surface area contributed by atoms with Gasteiger partial charge in [0.05, 0.1) is 33.0 Å². The highest BCUT2D eigenvalue weighted by Gasteiger charge is 2.09. The van der Waals surface area contributed by atoms with Crippen LogP contribution in [0.15, 0.2) is 23.2 Å². The first-order valence-electron chi connectivity index (χ1n) is 5.09. The lowest BCUT2D eigenvalue weighted by Gasteiger charge is -2.19. The van der Waals surface area contributed by atoms with Crippen LogP contribution in [0.3, 0.4) is 0 Å². The third-order valence-electron chi connectivity index (χ3n) is 2.36. The quantitative estimate of drug-likeness (QED) is 0.834. The Labute approximate surface area is 94.7 Å². The van der Waals surface area contributed by atoms with Gasteiger partial charge in [-0.15, -0.1) is 0 Å². The molecule has 1 heterocycles. The van der Waals surface area contributed by atoms with Crippen molar-refractivity contribution in [3.05, 3.63) is 18.2 Å². The molecule has 86 valence electrons. The molecule has 1 aromatic carbocycles. The van der Waals surface area contributed by atoms with Crippen molar-refractivity contribution in [3.63, 3.8) is 0 Å². The van der Waals surface area contributed by atoms with E-state index in [1.54, 1.807) is 20.6 Å². The SMILES string of the molecule is COc1ccc(NN2C=NCC2)c(OC)c1. The second kappa shape index (κ2) is 4.74. The van der Waals surface area contributed by atoms with E-state index < -0.39 is 0 Å². The summed E-state index contributed by atoms with van der Waals surface area (Å²) in [6.45, 7) is 1.70. The van der Waals surface area contributed by atoms with E-state index in [1.807, 2.05) is 23.2 Å². The lowest BCUT2D eigenvalue weighted by molar-refractivity contribution is 0.393. The Kier molecular flexibility index (Phi) is 3.14. The maximum Gasteiger partial charge on any atom is 0.147 e. The minimum atomic E-state index is 0.750. The van der Waals surface area contributed by atoms with Crippen molar-refractivity contribution in [2.24, 2.45) is 4.99 Å². The van der Waals surface area contributed by atoms with Crippen LogP contribution in [0.1, 0.15) is 0 Å². The highest BCUT2D eigenvalue weighted by molar-refractivity contribution is 5.65. The van der Waals surface area contributed by atoms with Gasteiger partial charge in [0.25, 0.3) is 0 Å². The van der Waals surface area contributed by atoms with Crippen LogP contribution >= 0.6 is 0 Å². The second-order valence-electron chi connectivity index (χ2n) is 3.39. The molecule has 1 N–H and O–H groups in total. The van der Waals surface area contributed by atoms with Crippen LogP contribution < -0.4 is 14.9 Å². The number of nitrogens with one attached hydrogen (secondary N) is 1. The Morgan fingerprint density at radius 1 is 1.31 bits per heavy atom. The molecular formula is C11H15N3O2. The first-order chi connectivity index (χ1) is 7.83.